The maximum Gasteiger partial charge on any atom is 0.253 e. The molecule has 0 aliphatic carbocycles. The van der Waals surface area contributed by atoms with Crippen molar-refractivity contribution in [1.82, 2.24) is 15.5 Å². The number of halogens is 1. The first-order valence-corrected chi connectivity index (χ1v) is 9.46. The minimum absolute atomic E-state index is 0.0182. The first kappa shape index (κ1) is 21.6. The molecule has 0 saturated heterocycles. The number of nitrogens with zero attached hydrogens (tertiary/aromatic N) is 2. The molecule has 0 aliphatic rings. The van der Waals surface area contributed by atoms with Gasteiger partial charge in [0.1, 0.15) is 5.82 Å². The van der Waals surface area contributed by atoms with E-state index in [1.807, 2.05) is 0 Å². The number of primary amides is 1. The number of hydrogen-bond acceptors (Lipinski definition) is 6. The number of carbonyl (C=O) groups is 3. The number of aromatic nitrogens is 2. The number of aryl methyl sites for hydroxylation is 1. The summed E-state index contributed by atoms with van der Waals surface area (Å²) in [6.07, 6.45) is 0.250. The second-order valence-electron chi connectivity index (χ2n) is 6.58. The lowest BCUT2D eigenvalue weighted by Gasteiger charge is -2.11. The van der Waals surface area contributed by atoms with Gasteiger partial charge in [0, 0.05) is 31.4 Å². The van der Waals surface area contributed by atoms with Crippen molar-refractivity contribution in [3.05, 3.63) is 65.8 Å². The molecule has 160 valence electrons. The van der Waals surface area contributed by atoms with Crippen LogP contribution in [0.2, 0.25) is 0 Å². The summed E-state index contributed by atoms with van der Waals surface area (Å²) < 4.78 is 18.2. The lowest BCUT2D eigenvalue weighted by atomic mass is 10.1. The Labute approximate surface area is 176 Å². The van der Waals surface area contributed by atoms with Crippen LogP contribution in [0.4, 0.5) is 10.1 Å². The minimum atomic E-state index is -0.523. The van der Waals surface area contributed by atoms with Crippen molar-refractivity contribution in [2.24, 2.45) is 5.73 Å². The molecule has 1 aromatic heterocycles. The fraction of sp³-hybridized carbons (Fsp3) is 0.190. The van der Waals surface area contributed by atoms with Crippen molar-refractivity contribution in [2.45, 2.75) is 19.3 Å². The fourth-order valence-corrected chi connectivity index (χ4v) is 2.69. The van der Waals surface area contributed by atoms with Gasteiger partial charge in [-0.2, -0.15) is 4.98 Å². The highest BCUT2D eigenvalue weighted by atomic mass is 19.1. The Morgan fingerprint density at radius 2 is 1.77 bits per heavy atom. The topological polar surface area (TPSA) is 140 Å². The quantitative estimate of drug-likeness (QED) is 0.479. The highest BCUT2D eigenvalue weighted by molar-refractivity contribution is 6.03. The monoisotopic (exact) mass is 425 g/mol. The van der Waals surface area contributed by atoms with Crippen molar-refractivity contribution in [1.29, 1.82) is 0 Å². The van der Waals surface area contributed by atoms with E-state index in [-0.39, 0.29) is 49.0 Å². The third-order valence-electron chi connectivity index (χ3n) is 4.24. The van der Waals surface area contributed by atoms with Crippen LogP contribution in [0, 0.1) is 5.82 Å². The van der Waals surface area contributed by atoms with Gasteiger partial charge in [-0.15, -0.1) is 0 Å². The zero-order valence-electron chi connectivity index (χ0n) is 16.4. The molecule has 0 fully saturated rings. The first-order chi connectivity index (χ1) is 14.9. The molecule has 3 aromatic rings. The van der Waals surface area contributed by atoms with Gasteiger partial charge >= 0.3 is 0 Å². The molecule has 1 heterocycles. The molecule has 31 heavy (non-hydrogen) atoms. The van der Waals surface area contributed by atoms with Crippen LogP contribution in [0.5, 0.6) is 0 Å². The van der Waals surface area contributed by atoms with Gasteiger partial charge in [0.05, 0.1) is 11.3 Å². The molecule has 0 bridgehead atoms. The zero-order valence-corrected chi connectivity index (χ0v) is 16.4. The Kier molecular flexibility index (Phi) is 7.05. The SMILES string of the molecule is NC(=O)CCNC(=O)c1ccccc1NC(=O)CCc1nc(-c2ccc(F)cc2)no1. The summed E-state index contributed by atoms with van der Waals surface area (Å²) in [4.78, 5) is 39.6. The number of carbonyl (C=O) groups excluding carboxylic acids is 3. The van der Waals surface area contributed by atoms with Gasteiger partial charge in [-0.05, 0) is 36.4 Å². The predicted octanol–water partition coefficient (Wildman–Crippen LogP) is 2.05. The summed E-state index contributed by atoms with van der Waals surface area (Å²) in [6, 6.07) is 12.1. The Morgan fingerprint density at radius 3 is 2.52 bits per heavy atom. The number of hydrogen-bond donors (Lipinski definition) is 3. The number of para-hydroxylation sites is 1. The first-order valence-electron chi connectivity index (χ1n) is 9.46. The number of anilines is 1. The van der Waals surface area contributed by atoms with Gasteiger partial charge in [0.2, 0.25) is 23.5 Å². The Balaban J connectivity index is 1.56. The van der Waals surface area contributed by atoms with Gasteiger partial charge in [0.15, 0.2) is 0 Å². The average molecular weight is 425 g/mol. The summed E-state index contributed by atoms with van der Waals surface area (Å²) in [5.41, 5.74) is 6.25. The molecule has 0 unspecified atom stereocenters. The van der Waals surface area contributed by atoms with E-state index >= 15 is 0 Å². The van der Waals surface area contributed by atoms with Crippen LogP contribution in [-0.2, 0) is 16.0 Å². The summed E-state index contributed by atoms with van der Waals surface area (Å²) in [5, 5.41) is 9.09. The van der Waals surface area contributed by atoms with Crippen LogP contribution < -0.4 is 16.4 Å². The normalized spacial score (nSPS) is 10.5. The standard InChI is InChI=1S/C21H20FN5O4/c22-14-7-5-13(6-8-14)20-26-19(31-27-20)10-9-18(29)25-16-4-2-1-3-15(16)21(30)24-12-11-17(23)28/h1-8H,9-12H2,(H2,23,28)(H,24,30)(H,25,29). The maximum absolute atomic E-state index is 13.0. The van der Waals surface area contributed by atoms with Crippen LogP contribution in [0.3, 0.4) is 0 Å². The van der Waals surface area contributed by atoms with Crippen molar-refractivity contribution in [3.63, 3.8) is 0 Å². The van der Waals surface area contributed by atoms with Crippen LogP contribution in [0.25, 0.3) is 11.4 Å². The second kappa shape index (κ2) is 10.1. The Hall–Kier alpha value is -4.08. The average Bonchev–Trinajstić information content (AvgIpc) is 3.22. The van der Waals surface area contributed by atoms with Crippen LogP contribution in [0.1, 0.15) is 29.1 Å². The minimum Gasteiger partial charge on any atom is -0.370 e. The number of benzene rings is 2. The van der Waals surface area contributed by atoms with Gasteiger partial charge in [-0.1, -0.05) is 17.3 Å². The molecule has 0 saturated carbocycles. The molecule has 0 aliphatic heterocycles. The van der Waals surface area contributed by atoms with Crippen LogP contribution >= 0.6 is 0 Å². The van der Waals surface area contributed by atoms with Crippen molar-refractivity contribution in [2.75, 3.05) is 11.9 Å². The van der Waals surface area contributed by atoms with E-state index in [1.165, 1.54) is 24.3 Å². The molecule has 9 nitrogen and oxygen atoms in total. The van der Waals surface area contributed by atoms with E-state index in [1.54, 1.807) is 24.3 Å². The zero-order chi connectivity index (χ0) is 22.2. The summed E-state index contributed by atoms with van der Waals surface area (Å²) >= 11 is 0. The summed E-state index contributed by atoms with van der Waals surface area (Å²) in [7, 11) is 0. The predicted molar refractivity (Wildman–Crippen MR) is 109 cm³/mol. The van der Waals surface area contributed by atoms with E-state index in [0.717, 1.165) is 0 Å². The maximum atomic E-state index is 13.0. The highest BCUT2D eigenvalue weighted by Gasteiger charge is 2.15. The van der Waals surface area contributed by atoms with E-state index in [4.69, 9.17) is 10.3 Å². The molecule has 2 aromatic carbocycles. The Bertz CT molecular complexity index is 1080. The number of nitrogens with two attached hydrogens (primary N) is 1. The number of amides is 3. The van der Waals surface area contributed by atoms with Crippen LogP contribution in [-0.4, -0.2) is 34.4 Å². The lowest BCUT2D eigenvalue weighted by Crippen LogP contribution is -2.28. The van der Waals surface area contributed by atoms with Crippen molar-refractivity contribution >= 4 is 23.4 Å². The van der Waals surface area contributed by atoms with Crippen molar-refractivity contribution in [3.8, 4) is 11.4 Å². The van der Waals surface area contributed by atoms with Gasteiger partial charge in [-0.3, -0.25) is 14.4 Å². The van der Waals surface area contributed by atoms with Gasteiger partial charge in [0.25, 0.3) is 5.91 Å². The number of nitrogens with one attached hydrogen (secondary N) is 2. The molecule has 0 atom stereocenters. The largest absolute Gasteiger partial charge is 0.370 e. The summed E-state index contributed by atoms with van der Waals surface area (Å²) in [5.74, 6) is -1.12. The molecule has 0 radical (unpaired) electrons. The molecular formula is C21H20FN5O4. The third-order valence-corrected chi connectivity index (χ3v) is 4.24. The lowest BCUT2D eigenvalue weighted by molar-refractivity contribution is -0.118. The van der Waals surface area contributed by atoms with E-state index in [0.29, 0.717) is 17.1 Å². The van der Waals surface area contributed by atoms with Gasteiger partial charge < -0.3 is 20.9 Å². The van der Waals surface area contributed by atoms with E-state index in [2.05, 4.69) is 20.8 Å². The third kappa shape index (κ3) is 6.20. The molecule has 3 amide bonds. The number of rotatable bonds is 9. The van der Waals surface area contributed by atoms with Crippen molar-refractivity contribution < 1.29 is 23.3 Å². The molecule has 4 N–H and O–H groups in total. The smallest absolute Gasteiger partial charge is 0.253 e. The molecule has 3 rings (SSSR count). The van der Waals surface area contributed by atoms with Crippen LogP contribution in [0.15, 0.2) is 53.1 Å². The Morgan fingerprint density at radius 1 is 1.03 bits per heavy atom. The second-order valence-corrected chi connectivity index (χ2v) is 6.58. The fourth-order valence-electron chi connectivity index (χ4n) is 2.69. The molecule has 10 heteroatoms. The summed E-state index contributed by atoms with van der Waals surface area (Å²) in [6.45, 7) is 0.101. The van der Waals surface area contributed by atoms with Gasteiger partial charge in [-0.25, -0.2) is 4.39 Å². The van der Waals surface area contributed by atoms with E-state index in [9.17, 15) is 18.8 Å². The van der Waals surface area contributed by atoms with E-state index < -0.39 is 11.8 Å². The molecular weight excluding hydrogens is 405 g/mol. The molecule has 0 spiro atoms. The highest BCUT2D eigenvalue weighted by Crippen LogP contribution is 2.18.